The zero-order chi connectivity index (χ0) is 28.3. The minimum Gasteiger partial charge on any atom is -0.391 e. The van der Waals surface area contributed by atoms with Gasteiger partial charge in [-0.3, -0.25) is 0 Å². The number of benzene rings is 2. The van der Waals surface area contributed by atoms with Crippen LogP contribution in [0.5, 0.6) is 0 Å². The molecule has 3 fully saturated rings. The summed E-state index contributed by atoms with van der Waals surface area (Å²) in [6.07, 6.45) is 9.85. The molecule has 1 saturated heterocycles. The number of anilines is 2. The summed E-state index contributed by atoms with van der Waals surface area (Å²) in [6.45, 7) is 18.3. The highest BCUT2D eigenvalue weighted by Gasteiger charge is 2.49. The Hall–Kier alpha value is -2.00. The second-order valence-corrected chi connectivity index (χ2v) is 13.6. The van der Waals surface area contributed by atoms with Gasteiger partial charge in [-0.1, -0.05) is 117 Å². The minimum absolute atomic E-state index is 0. The number of fused-ring (bicyclic) bond motifs is 1. The number of para-hydroxylation sites is 2. The number of aliphatic hydroxyl groups excluding tert-OH is 1. The van der Waals surface area contributed by atoms with E-state index < -0.39 is 0 Å². The van der Waals surface area contributed by atoms with Crippen molar-refractivity contribution >= 4 is 11.4 Å². The highest BCUT2D eigenvalue weighted by Crippen LogP contribution is 2.49. The van der Waals surface area contributed by atoms with Crippen LogP contribution < -0.4 is 10.2 Å². The van der Waals surface area contributed by atoms with Crippen molar-refractivity contribution in [3.05, 3.63) is 58.7 Å². The monoisotopic (exact) mass is 551 g/mol. The molecule has 3 heteroatoms. The van der Waals surface area contributed by atoms with Crippen molar-refractivity contribution in [1.82, 2.24) is 0 Å². The molecule has 3 aliphatic rings. The lowest BCUT2D eigenvalue weighted by atomic mass is 9.89. The van der Waals surface area contributed by atoms with Crippen LogP contribution in [0.1, 0.15) is 166 Å². The van der Waals surface area contributed by atoms with Crippen molar-refractivity contribution in [2.24, 2.45) is 0 Å². The van der Waals surface area contributed by atoms with E-state index >= 15 is 0 Å². The molecular weight excluding hydrogens is 476 g/mol. The van der Waals surface area contributed by atoms with E-state index in [1.165, 1.54) is 48.9 Å². The molecule has 39 heavy (non-hydrogen) atoms. The van der Waals surface area contributed by atoms with Crippen molar-refractivity contribution in [1.29, 1.82) is 0 Å². The topological polar surface area (TPSA) is 35.3 Å². The quantitative estimate of drug-likeness (QED) is 0.336. The maximum atomic E-state index is 10.2. The van der Waals surface area contributed by atoms with E-state index in [4.69, 9.17) is 0 Å². The molecular formula is C36H74N2O. The molecule has 2 saturated carbocycles. The normalized spacial score (nSPS) is 24.6. The third-order valence-corrected chi connectivity index (χ3v) is 9.35. The molecule has 4 atom stereocenters. The van der Waals surface area contributed by atoms with Crippen LogP contribution in [0.25, 0.3) is 0 Å². The standard InChI is InChI=1S/C18H29NO.C18H27N.9H2/c1-12(2)14-8-7-9-15(13(3)4)18(14)19-16-10-5-6-11-17(16)20;1-12(2)14-8-7-9-15(13(3)4)18(14)19-16-10-5-6-11-17(16)19;;;;;;;;;/h7-9,12-13,16-17,19-20H,5-6,10-11H2,1-4H3;7-9,12-13,16-17H,5-6,10-11H2,1-4H3;9*1H/t16-,17-;;;;;;;;;;/m0........../s1. The lowest BCUT2D eigenvalue weighted by Gasteiger charge is -2.32. The van der Waals surface area contributed by atoms with Crippen molar-refractivity contribution in [3.63, 3.8) is 0 Å². The molecule has 3 nitrogen and oxygen atoms in total. The fourth-order valence-corrected chi connectivity index (χ4v) is 7.03. The first-order chi connectivity index (χ1) is 18.6. The molecule has 1 heterocycles. The summed E-state index contributed by atoms with van der Waals surface area (Å²) in [5.74, 6) is 2.24. The Bertz CT molecular complexity index is 1040. The third-order valence-electron chi connectivity index (χ3n) is 9.35. The summed E-state index contributed by atoms with van der Waals surface area (Å²) in [6, 6.07) is 15.4. The second kappa shape index (κ2) is 13.1. The smallest absolute Gasteiger partial charge is 0.0741 e. The molecule has 1 aliphatic heterocycles. The van der Waals surface area contributed by atoms with Gasteiger partial charge < -0.3 is 15.3 Å². The summed E-state index contributed by atoms with van der Waals surface area (Å²) < 4.78 is 0. The molecule has 2 aliphatic carbocycles. The lowest BCUT2D eigenvalue weighted by molar-refractivity contribution is 0.116. The first kappa shape index (κ1) is 30.0. The van der Waals surface area contributed by atoms with Gasteiger partial charge in [0.25, 0.3) is 0 Å². The van der Waals surface area contributed by atoms with Crippen molar-refractivity contribution < 1.29 is 17.9 Å². The average molecular weight is 551 g/mol. The predicted molar refractivity (Wildman–Crippen MR) is 189 cm³/mol. The number of nitrogens with one attached hydrogen (secondary N) is 1. The van der Waals surface area contributed by atoms with Crippen LogP contribution in [0.2, 0.25) is 0 Å². The van der Waals surface area contributed by atoms with Crippen LogP contribution in [-0.2, 0) is 0 Å². The van der Waals surface area contributed by atoms with Crippen LogP contribution in [-0.4, -0.2) is 29.3 Å². The van der Waals surface area contributed by atoms with Crippen molar-refractivity contribution in [3.8, 4) is 0 Å². The SMILES string of the molecule is CC(C)c1cccc(C(C)C)c1N1C2CCCCC21.CC(C)c1cccc(C(C)C)c1N[C@H]1CCCC[C@@H]1O.[HH].[HH].[HH].[HH].[HH].[HH].[HH].[HH].[HH]. The molecule has 2 aromatic rings. The van der Waals surface area contributed by atoms with Gasteiger partial charge in [0, 0.05) is 36.3 Å². The van der Waals surface area contributed by atoms with Crippen LogP contribution in [0, 0.1) is 0 Å². The molecule has 0 radical (unpaired) electrons. The maximum absolute atomic E-state index is 10.2. The first-order valence-corrected chi connectivity index (χ1v) is 16.1. The van der Waals surface area contributed by atoms with Gasteiger partial charge in [-0.2, -0.15) is 0 Å². The van der Waals surface area contributed by atoms with Gasteiger partial charge in [0.05, 0.1) is 12.1 Å². The number of aliphatic hydroxyl groups is 1. The molecule has 0 amide bonds. The minimum atomic E-state index is -0.205. The zero-order valence-electron chi connectivity index (χ0n) is 26.1. The Morgan fingerprint density at radius 1 is 0.641 bits per heavy atom. The molecule has 0 spiro atoms. The summed E-state index contributed by atoms with van der Waals surface area (Å²) in [5, 5.41) is 13.9. The summed E-state index contributed by atoms with van der Waals surface area (Å²) in [5.41, 5.74) is 8.71. The first-order valence-electron chi connectivity index (χ1n) is 16.1. The van der Waals surface area contributed by atoms with Crippen LogP contribution >= 0.6 is 0 Å². The second-order valence-electron chi connectivity index (χ2n) is 13.6. The lowest BCUT2D eigenvalue weighted by Crippen LogP contribution is -2.37. The number of hydrogen-bond acceptors (Lipinski definition) is 3. The van der Waals surface area contributed by atoms with Crippen molar-refractivity contribution in [2.45, 2.75) is 155 Å². The third kappa shape index (κ3) is 6.84. The predicted octanol–water partition coefficient (Wildman–Crippen LogP) is 11.9. The summed E-state index contributed by atoms with van der Waals surface area (Å²) >= 11 is 0. The summed E-state index contributed by atoms with van der Waals surface area (Å²) in [7, 11) is 0. The van der Waals surface area contributed by atoms with E-state index in [0.29, 0.717) is 23.7 Å². The van der Waals surface area contributed by atoms with E-state index in [-0.39, 0.29) is 25.0 Å². The van der Waals surface area contributed by atoms with Gasteiger partial charge >= 0.3 is 0 Å². The van der Waals surface area contributed by atoms with Gasteiger partial charge in [-0.05, 0) is 71.6 Å². The number of rotatable bonds is 7. The van der Waals surface area contributed by atoms with E-state index in [9.17, 15) is 5.11 Å². The Morgan fingerprint density at radius 3 is 1.49 bits per heavy atom. The molecule has 2 N–H and O–H groups in total. The van der Waals surface area contributed by atoms with E-state index in [2.05, 4.69) is 102 Å². The van der Waals surface area contributed by atoms with Gasteiger partial charge in [0.2, 0.25) is 0 Å². The highest BCUT2D eigenvalue weighted by molar-refractivity contribution is 5.68. The Morgan fingerprint density at radius 2 is 1.05 bits per heavy atom. The zero-order valence-corrected chi connectivity index (χ0v) is 26.1. The van der Waals surface area contributed by atoms with Gasteiger partial charge in [0.15, 0.2) is 0 Å². The molecule has 2 aromatic carbocycles. The maximum Gasteiger partial charge on any atom is 0.0741 e. The van der Waals surface area contributed by atoms with Crippen LogP contribution in [0.15, 0.2) is 36.4 Å². The fourth-order valence-electron chi connectivity index (χ4n) is 7.03. The van der Waals surface area contributed by atoms with Gasteiger partial charge in [-0.25, -0.2) is 0 Å². The molecule has 234 valence electrons. The largest absolute Gasteiger partial charge is 0.391 e. The van der Waals surface area contributed by atoms with Crippen LogP contribution in [0.4, 0.5) is 11.4 Å². The molecule has 0 bridgehead atoms. The van der Waals surface area contributed by atoms with E-state index in [0.717, 1.165) is 31.3 Å². The highest BCUT2D eigenvalue weighted by atomic mass is 16.3. The molecule has 2 unspecified atom stereocenters. The van der Waals surface area contributed by atoms with E-state index in [1.54, 1.807) is 16.8 Å². The molecule has 5 rings (SSSR count). The molecule has 0 aromatic heterocycles. The number of hydrogen-bond donors (Lipinski definition) is 2. The number of nitrogens with zero attached hydrogens (tertiary/aromatic N) is 1. The Labute approximate surface area is 253 Å². The summed E-state index contributed by atoms with van der Waals surface area (Å²) in [4.78, 5) is 2.75. The Balaban J connectivity index is -0.000000155. The van der Waals surface area contributed by atoms with Crippen molar-refractivity contribution in [2.75, 3.05) is 10.2 Å². The van der Waals surface area contributed by atoms with Gasteiger partial charge in [0.1, 0.15) is 0 Å². The van der Waals surface area contributed by atoms with Crippen LogP contribution in [0.3, 0.4) is 0 Å². The van der Waals surface area contributed by atoms with Gasteiger partial charge in [-0.15, -0.1) is 0 Å². The fraction of sp³-hybridized carbons (Fsp3) is 0.667. The van der Waals surface area contributed by atoms with E-state index in [1.807, 2.05) is 0 Å². The Kier molecular flexibility index (Phi) is 10.1. The average Bonchev–Trinajstić information content (AvgIpc) is 3.63.